The molecule has 1 aromatic rings. The number of hydrogen-bond donors (Lipinski definition) is 1. The molecule has 0 saturated heterocycles. The van der Waals surface area contributed by atoms with E-state index in [1.807, 2.05) is 31.2 Å². The highest BCUT2D eigenvalue weighted by atomic mass is 16.5. The molecular formula is C11H16O2. The van der Waals surface area contributed by atoms with Crippen LogP contribution in [0.15, 0.2) is 24.3 Å². The standard InChI is InChI=1S/C11H16O2/c1-9-4-6-10(7-5-9)11(2,12)8-13-3/h4-7,12H,8H2,1-3H3. The summed E-state index contributed by atoms with van der Waals surface area (Å²) < 4.78 is 4.94. The van der Waals surface area contributed by atoms with Gasteiger partial charge in [0.15, 0.2) is 0 Å². The van der Waals surface area contributed by atoms with Gasteiger partial charge in [0.05, 0.1) is 6.61 Å². The first-order valence-electron chi connectivity index (χ1n) is 4.35. The van der Waals surface area contributed by atoms with Crippen LogP contribution < -0.4 is 0 Å². The molecular weight excluding hydrogens is 164 g/mol. The minimum absolute atomic E-state index is 0.316. The highest BCUT2D eigenvalue weighted by Gasteiger charge is 2.22. The molecule has 72 valence electrons. The number of hydrogen-bond acceptors (Lipinski definition) is 2. The fourth-order valence-corrected chi connectivity index (χ4v) is 1.28. The lowest BCUT2D eigenvalue weighted by atomic mass is 9.96. The minimum atomic E-state index is -0.886. The van der Waals surface area contributed by atoms with Gasteiger partial charge >= 0.3 is 0 Å². The lowest BCUT2D eigenvalue weighted by Gasteiger charge is -2.22. The fraction of sp³-hybridized carbons (Fsp3) is 0.455. The molecule has 2 heteroatoms. The Hall–Kier alpha value is -0.860. The van der Waals surface area contributed by atoms with Crippen LogP contribution in [0.25, 0.3) is 0 Å². The molecule has 0 saturated carbocycles. The Bertz CT molecular complexity index is 262. The average molecular weight is 180 g/mol. The number of benzene rings is 1. The van der Waals surface area contributed by atoms with Gasteiger partial charge in [-0.3, -0.25) is 0 Å². The Balaban J connectivity index is 2.87. The van der Waals surface area contributed by atoms with Crippen molar-refractivity contribution >= 4 is 0 Å². The molecule has 0 heterocycles. The molecule has 0 aromatic heterocycles. The van der Waals surface area contributed by atoms with Crippen molar-refractivity contribution in [1.82, 2.24) is 0 Å². The normalized spacial score (nSPS) is 15.4. The van der Waals surface area contributed by atoms with Crippen molar-refractivity contribution in [3.63, 3.8) is 0 Å². The predicted molar refractivity (Wildman–Crippen MR) is 52.6 cm³/mol. The third-order valence-corrected chi connectivity index (χ3v) is 2.10. The maximum absolute atomic E-state index is 9.95. The molecule has 0 radical (unpaired) electrons. The molecule has 0 aliphatic carbocycles. The van der Waals surface area contributed by atoms with Gasteiger partial charge in [0, 0.05) is 7.11 Å². The summed E-state index contributed by atoms with van der Waals surface area (Å²) in [5, 5.41) is 9.95. The van der Waals surface area contributed by atoms with Crippen molar-refractivity contribution in [2.24, 2.45) is 0 Å². The monoisotopic (exact) mass is 180 g/mol. The third-order valence-electron chi connectivity index (χ3n) is 2.10. The smallest absolute Gasteiger partial charge is 0.110 e. The summed E-state index contributed by atoms with van der Waals surface area (Å²) in [6.45, 7) is 4.09. The predicted octanol–water partition coefficient (Wildman–Crippen LogP) is 1.85. The van der Waals surface area contributed by atoms with Crippen molar-refractivity contribution in [2.45, 2.75) is 19.4 Å². The first kappa shape index (κ1) is 10.2. The second-order valence-electron chi connectivity index (χ2n) is 3.57. The van der Waals surface area contributed by atoms with E-state index in [0.29, 0.717) is 6.61 Å². The van der Waals surface area contributed by atoms with E-state index in [2.05, 4.69) is 0 Å². The van der Waals surface area contributed by atoms with Gasteiger partial charge in [0.2, 0.25) is 0 Å². The maximum atomic E-state index is 9.95. The van der Waals surface area contributed by atoms with Crippen LogP contribution in [0.3, 0.4) is 0 Å². The topological polar surface area (TPSA) is 29.5 Å². The van der Waals surface area contributed by atoms with Gasteiger partial charge in [0.1, 0.15) is 5.60 Å². The first-order valence-corrected chi connectivity index (χ1v) is 4.35. The Morgan fingerprint density at radius 3 is 2.31 bits per heavy atom. The van der Waals surface area contributed by atoms with Gasteiger partial charge in [-0.25, -0.2) is 0 Å². The first-order chi connectivity index (χ1) is 6.06. The highest BCUT2D eigenvalue weighted by Crippen LogP contribution is 2.20. The van der Waals surface area contributed by atoms with Crippen LogP contribution >= 0.6 is 0 Å². The molecule has 1 rings (SSSR count). The number of ether oxygens (including phenoxy) is 1. The maximum Gasteiger partial charge on any atom is 0.110 e. The zero-order chi connectivity index (χ0) is 9.90. The second kappa shape index (κ2) is 3.90. The van der Waals surface area contributed by atoms with E-state index in [-0.39, 0.29) is 0 Å². The molecule has 0 bridgehead atoms. The van der Waals surface area contributed by atoms with E-state index in [1.54, 1.807) is 14.0 Å². The van der Waals surface area contributed by atoms with Crippen molar-refractivity contribution in [3.8, 4) is 0 Å². The third kappa shape index (κ3) is 2.54. The summed E-state index contributed by atoms with van der Waals surface area (Å²) >= 11 is 0. The molecule has 1 aromatic carbocycles. The summed E-state index contributed by atoms with van der Waals surface area (Å²) in [5.74, 6) is 0. The van der Waals surface area contributed by atoms with E-state index in [4.69, 9.17) is 4.74 Å². The van der Waals surface area contributed by atoms with Crippen LogP contribution in [0.2, 0.25) is 0 Å². The Labute approximate surface area is 79.2 Å². The molecule has 2 nitrogen and oxygen atoms in total. The lowest BCUT2D eigenvalue weighted by Crippen LogP contribution is -2.26. The lowest BCUT2D eigenvalue weighted by molar-refractivity contribution is -0.0208. The van der Waals surface area contributed by atoms with E-state index in [0.717, 1.165) is 5.56 Å². The summed E-state index contributed by atoms with van der Waals surface area (Å²) in [6, 6.07) is 7.82. The number of rotatable bonds is 3. The van der Waals surface area contributed by atoms with E-state index >= 15 is 0 Å². The van der Waals surface area contributed by atoms with Crippen molar-refractivity contribution in [1.29, 1.82) is 0 Å². The van der Waals surface area contributed by atoms with E-state index in [1.165, 1.54) is 5.56 Å². The van der Waals surface area contributed by atoms with Gasteiger partial charge in [-0.1, -0.05) is 29.8 Å². The fourth-order valence-electron chi connectivity index (χ4n) is 1.28. The molecule has 0 fully saturated rings. The van der Waals surface area contributed by atoms with Crippen molar-refractivity contribution < 1.29 is 9.84 Å². The minimum Gasteiger partial charge on any atom is -0.383 e. The molecule has 1 unspecified atom stereocenters. The average Bonchev–Trinajstić information content (AvgIpc) is 2.05. The van der Waals surface area contributed by atoms with Gasteiger partial charge in [-0.15, -0.1) is 0 Å². The molecule has 0 spiro atoms. The van der Waals surface area contributed by atoms with Crippen molar-refractivity contribution in [2.75, 3.05) is 13.7 Å². The molecule has 0 aliphatic heterocycles. The molecule has 0 amide bonds. The molecule has 0 aliphatic rings. The number of methoxy groups -OCH3 is 1. The van der Waals surface area contributed by atoms with Gasteiger partial charge in [0.25, 0.3) is 0 Å². The van der Waals surface area contributed by atoms with Gasteiger partial charge in [-0.2, -0.15) is 0 Å². The molecule has 1 atom stereocenters. The van der Waals surface area contributed by atoms with Gasteiger partial charge in [-0.05, 0) is 19.4 Å². The zero-order valence-corrected chi connectivity index (χ0v) is 8.37. The quantitative estimate of drug-likeness (QED) is 0.769. The SMILES string of the molecule is COCC(C)(O)c1ccc(C)cc1. The number of aryl methyl sites for hydroxylation is 1. The molecule has 1 N–H and O–H groups in total. The van der Waals surface area contributed by atoms with Crippen molar-refractivity contribution in [3.05, 3.63) is 35.4 Å². The molecule has 13 heavy (non-hydrogen) atoms. The van der Waals surface area contributed by atoms with Gasteiger partial charge < -0.3 is 9.84 Å². The summed E-state index contributed by atoms with van der Waals surface area (Å²) in [5.41, 5.74) is 1.19. The highest BCUT2D eigenvalue weighted by molar-refractivity contribution is 5.25. The number of aliphatic hydroxyl groups is 1. The summed E-state index contributed by atoms with van der Waals surface area (Å²) in [7, 11) is 1.59. The van der Waals surface area contributed by atoms with Crippen LogP contribution in [-0.4, -0.2) is 18.8 Å². The van der Waals surface area contributed by atoms with Crippen LogP contribution in [0.4, 0.5) is 0 Å². The zero-order valence-electron chi connectivity index (χ0n) is 8.37. The van der Waals surface area contributed by atoms with Crippen LogP contribution in [0.1, 0.15) is 18.1 Å². The van der Waals surface area contributed by atoms with E-state index in [9.17, 15) is 5.11 Å². The summed E-state index contributed by atoms with van der Waals surface area (Å²) in [4.78, 5) is 0. The largest absolute Gasteiger partial charge is 0.383 e. The Kier molecular flexibility index (Phi) is 3.07. The van der Waals surface area contributed by atoms with Crippen LogP contribution in [0.5, 0.6) is 0 Å². The Morgan fingerprint density at radius 1 is 1.31 bits per heavy atom. The second-order valence-corrected chi connectivity index (χ2v) is 3.57. The van der Waals surface area contributed by atoms with Crippen LogP contribution in [0, 0.1) is 6.92 Å². The Morgan fingerprint density at radius 2 is 1.85 bits per heavy atom. The van der Waals surface area contributed by atoms with Crippen LogP contribution in [-0.2, 0) is 10.3 Å². The summed E-state index contributed by atoms with van der Waals surface area (Å²) in [6.07, 6.45) is 0. The van der Waals surface area contributed by atoms with E-state index < -0.39 is 5.60 Å².